The highest BCUT2D eigenvalue weighted by atomic mass is 16.7. The van der Waals surface area contributed by atoms with Gasteiger partial charge in [0.25, 0.3) is 6.29 Å². The fourth-order valence-corrected chi connectivity index (χ4v) is 3.00. The van der Waals surface area contributed by atoms with Gasteiger partial charge in [0.2, 0.25) is 6.79 Å². The van der Waals surface area contributed by atoms with Crippen LogP contribution in [0.15, 0.2) is 42.9 Å². The lowest BCUT2D eigenvalue weighted by Crippen LogP contribution is -2.10. The highest BCUT2D eigenvalue weighted by molar-refractivity contribution is 5.52. The predicted molar refractivity (Wildman–Crippen MR) is 90.2 cm³/mol. The Kier molecular flexibility index (Phi) is 4.22. The molecule has 2 aliphatic heterocycles. The van der Waals surface area contributed by atoms with E-state index in [-0.39, 0.29) is 6.79 Å². The smallest absolute Gasteiger partial charge is 0.266 e. The van der Waals surface area contributed by atoms with Gasteiger partial charge in [-0.2, -0.15) is 0 Å². The SMILES string of the molecule is COc1cc(C2OC=CO2)c(C(O)c2ccc3c(c2)OCO3)cc1OC. The zero-order chi connectivity index (χ0) is 18.1. The van der Waals surface area contributed by atoms with E-state index in [0.717, 1.165) is 0 Å². The minimum Gasteiger partial charge on any atom is -0.493 e. The topological polar surface area (TPSA) is 75.6 Å². The Morgan fingerprint density at radius 3 is 2.38 bits per heavy atom. The summed E-state index contributed by atoms with van der Waals surface area (Å²) in [6.45, 7) is 0.173. The number of ether oxygens (including phenoxy) is 6. The van der Waals surface area contributed by atoms with E-state index in [1.807, 2.05) is 0 Å². The summed E-state index contributed by atoms with van der Waals surface area (Å²) < 4.78 is 32.4. The summed E-state index contributed by atoms with van der Waals surface area (Å²) in [5, 5.41) is 11.0. The first-order valence-corrected chi connectivity index (χ1v) is 8.00. The first kappa shape index (κ1) is 16.4. The van der Waals surface area contributed by atoms with Crippen LogP contribution in [-0.4, -0.2) is 26.1 Å². The summed E-state index contributed by atoms with van der Waals surface area (Å²) in [5.74, 6) is 2.26. The average Bonchev–Trinajstić information content (AvgIpc) is 3.37. The minimum absolute atomic E-state index is 0.173. The maximum atomic E-state index is 11.0. The van der Waals surface area contributed by atoms with Crippen LogP contribution in [0.25, 0.3) is 0 Å². The summed E-state index contributed by atoms with van der Waals surface area (Å²) >= 11 is 0. The molecule has 1 atom stereocenters. The maximum Gasteiger partial charge on any atom is 0.266 e. The standard InChI is InChI=1S/C19H18O7/c1-21-15-8-12(13(9-16(15)22-2)19-23-5-6-24-19)18(20)11-3-4-14-17(7-11)26-10-25-14/h3-9,18-20H,10H2,1-2H3. The third-order valence-corrected chi connectivity index (χ3v) is 4.31. The van der Waals surface area contributed by atoms with Crippen molar-refractivity contribution in [2.75, 3.05) is 21.0 Å². The molecular weight excluding hydrogens is 340 g/mol. The largest absolute Gasteiger partial charge is 0.493 e. The Morgan fingerprint density at radius 2 is 1.65 bits per heavy atom. The van der Waals surface area contributed by atoms with Gasteiger partial charge in [-0.15, -0.1) is 0 Å². The second kappa shape index (κ2) is 6.68. The molecular formula is C19H18O7. The third-order valence-electron chi connectivity index (χ3n) is 4.31. The zero-order valence-corrected chi connectivity index (χ0v) is 14.3. The number of hydrogen-bond acceptors (Lipinski definition) is 7. The van der Waals surface area contributed by atoms with E-state index in [1.165, 1.54) is 12.5 Å². The molecule has 0 saturated heterocycles. The van der Waals surface area contributed by atoms with E-state index in [0.29, 0.717) is 39.7 Å². The van der Waals surface area contributed by atoms with Crippen LogP contribution in [0.2, 0.25) is 0 Å². The van der Waals surface area contributed by atoms with Crippen molar-refractivity contribution in [1.29, 1.82) is 0 Å². The van der Waals surface area contributed by atoms with Crippen LogP contribution in [0.5, 0.6) is 23.0 Å². The second-order valence-corrected chi connectivity index (χ2v) is 5.73. The van der Waals surface area contributed by atoms with Crippen molar-refractivity contribution in [3.63, 3.8) is 0 Å². The Morgan fingerprint density at radius 1 is 0.962 bits per heavy atom. The Labute approximate surface area is 150 Å². The number of aliphatic hydroxyl groups is 1. The van der Waals surface area contributed by atoms with Gasteiger partial charge in [-0.1, -0.05) is 6.07 Å². The summed E-state index contributed by atoms with van der Waals surface area (Å²) in [6.07, 6.45) is 1.29. The fourth-order valence-electron chi connectivity index (χ4n) is 3.00. The van der Waals surface area contributed by atoms with Gasteiger partial charge in [0.05, 0.1) is 14.2 Å². The van der Waals surface area contributed by atoms with Gasteiger partial charge in [0.15, 0.2) is 23.0 Å². The summed E-state index contributed by atoms with van der Waals surface area (Å²) in [6, 6.07) is 8.76. The molecule has 4 rings (SSSR count). The van der Waals surface area contributed by atoms with Crippen LogP contribution in [0.3, 0.4) is 0 Å². The zero-order valence-electron chi connectivity index (χ0n) is 14.3. The van der Waals surface area contributed by atoms with Crippen molar-refractivity contribution in [3.05, 3.63) is 59.5 Å². The lowest BCUT2D eigenvalue weighted by atomic mass is 9.95. The molecule has 2 aromatic carbocycles. The maximum absolute atomic E-state index is 11.0. The molecule has 26 heavy (non-hydrogen) atoms. The average molecular weight is 358 g/mol. The van der Waals surface area contributed by atoms with E-state index in [1.54, 1.807) is 44.6 Å². The Balaban J connectivity index is 1.78. The van der Waals surface area contributed by atoms with Gasteiger partial charge in [-0.25, -0.2) is 0 Å². The number of aliphatic hydroxyl groups excluding tert-OH is 1. The molecule has 2 heterocycles. The van der Waals surface area contributed by atoms with Gasteiger partial charge in [0, 0.05) is 5.56 Å². The monoisotopic (exact) mass is 358 g/mol. The molecule has 0 aromatic heterocycles. The molecule has 1 N–H and O–H groups in total. The van der Waals surface area contributed by atoms with Crippen LogP contribution in [0, 0.1) is 0 Å². The molecule has 2 aliphatic rings. The lowest BCUT2D eigenvalue weighted by molar-refractivity contribution is -0.0265. The van der Waals surface area contributed by atoms with Crippen LogP contribution < -0.4 is 18.9 Å². The molecule has 136 valence electrons. The number of methoxy groups -OCH3 is 2. The third kappa shape index (κ3) is 2.76. The van der Waals surface area contributed by atoms with Crippen LogP contribution in [0.1, 0.15) is 29.1 Å². The lowest BCUT2D eigenvalue weighted by Gasteiger charge is -2.22. The summed E-state index contributed by atoms with van der Waals surface area (Å²) in [5.41, 5.74) is 1.86. The van der Waals surface area contributed by atoms with Gasteiger partial charge >= 0.3 is 0 Å². The molecule has 0 aliphatic carbocycles. The molecule has 0 bridgehead atoms. The molecule has 0 fully saturated rings. The molecule has 0 amide bonds. The van der Waals surface area contributed by atoms with Crippen LogP contribution >= 0.6 is 0 Å². The molecule has 2 aromatic rings. The van der Waals surface area contributed by atoms with Gasteiger partial charge in [-0.3, -0.25) is 0 Å². The molecule has 1 unspecified atom stereocenters. The van der Waals surface area contributed by atoms with Crippen molar-refractivity contribution >= 4 is 0 Å². The quantitative estimate of drug-likeness (QED) is 0.880. The van der Waals surface area contributed by atoms with Crippen molar-refractivity contribution < 1.29 is 33.5 Å². The highest BCUT2D eigenvalue weighted by Crippen LogP contribution is 2.42. The van der Waals surface area contributed by atoms with E-state index >= 15 is 0 Å². The van der Waals surface area contributed by atoms with Crippen molar-refractivity contribution in [1.82, 2.24) is 0 Å². The normalized spacial score (nSPS) is 16.1. The fraction of sp³-hybridized carbons (Fsp3) is 0.263. The molecule has 0 saturated carbocycles. The number of benzene rings is 2. The molecule has 0 radical (unpaired) electrons. The second-order valence-electron chi connectivity index (χ2n) is 5.73. The van der Waals surface area contributed by atoms with Crippen molar-refractivity contribution in [2.24, 2.45) is 0 Å². The number of hydrogen-bond donors (Lipinski definition) is 1. The highest BCUT2D eigenvalue weighted by Gasteiger charge is 2.27. The van der Waals surface area contributed by atoms with Crippen LogP contribution in [-0.2, 0) is 9.47 Å². The van der Waals surface area contributed by atoms with Crippen molar-refractivity contribution in [3.8, 4) is 23.0 Å². The van der Waals surface area contributed by atoms with Gasteiger partial charge < -0.3 is 33.5 Å². The number of fused-ring (bicyclic) bond motifs is 1. The van der Waals surface area contributed by atoms with Crippen molar-refractivity contribution in [2.45, 2.75) is 12.4 Å². The Hall–Kier alpha value is -3.06. The molecule has 7 heteroatoms. The van der Waals surface area contributed by atoms with E-state index in [2.05, 4.69) is 0 Å². The van der Waals surface area contributed by atoms with Crippen LogP contribution in [0.4, 0.5) is 0 Å². The summed E-state index contributed by atoms with van der Waals surface area (Å²) in [7, 11) is 3.09. The Bertz CT molecular complexity index is 838. The first-order valence-electron chi connectivity index (χ1n) is 8.00. The molecule has 0 spiro atoms. The van der Waals surface area contributed by atoms with E-state index in [4.69, 9.17) is 28.4 Å². The predicted octanol–water partition coefficient (Wildman–Crippen LogP) is 3.03. The number of rotatable bonds is 5. The van der Waals surface area contributed by atoms with Gasteiger partial charge in [-0.05, 0) is 35.4 Å². The van der Waals surface area contributed by atoms with Gasteiger partial charge in [0.1, 0.15) is 18.6 Å². The minimum atomic E-state index is -0.952. The molecule has 7 nitrogen and oxygen atoms in total. The summed E-state index contributed by atoms with van der Waals surface area (Å²) in [4.78, 5) is 0. The van der Waals surface area contributed by atoms with E-state index in [9.17, 15) is 5.11 Å². The van der Waals surface area contributed by atoms with E-state index < -0.39 is 12.4 Å². The first-order chi connectivity index (χ1) is 12.7.